The van der Waals surface area contributed by atoms with Crippen molar-refractivity contribution in [2.24, 2.45) is 0 Å². The predicted octanol–water partition coefficient (Wildman–Crippen LogP) is 1.54. The minimum Gasteiger partial charge on any atom is -0.462 e. The van der Waals surface area contributed by atoms with Crippen LogP contribution in [0.4, 0.5) is 16.2 Å². The van der Waals surface area contributed by atoms with E-state index in [1.165, 1.54) is 25.4 Å². The molecule has 15 nitrogen and oxygen atoms in total. The van der Waals surface area contributed by atoms with E-state index < -0.39 is 63.2 Å². The van der Waals surface area contributed by atoms with Crippen LogP contribution in [0.25, 0.3) is 11.2 Å². The quantitative estimate of drug-likeness (QED) is 0.148. The van der Waals surface area contributed by atoms with Crippen LogP contribution in [0.2, 0.25) is 0 Å². The van der Waals surface area contributed by atoms with Crippen molar-refractivity contribution in [1.82, 2.24) is 24.6 Å². The number of esters is 1. The lowest BCUT2D eigenvalue weighted by atomic mass is 9.97. The van der Waals surface area contributed by atoms with Crippen molar-refractivity contribution in [1.29, 1.82) is 0 Å². The lowest BCUT2D eigenvalue weighted by molar-refractivity contribution is -0.149. The molecule has 0 bridgehead atoms. The van der Waals surface area contributed by atoms with Gasteiger partial charge in [-0.25, -0.2) is 13.9 Å². The van der Waals surface area contributed by atoms with Gasteiger partial charge in [0, 0.05) is 7.05 Å². The molecule has 1 unspecified atom stereocenters. The maximum absolute atomic E-state index is 16.1. The number of halogens is 1. The minimum absolute atomic E-state index is 0.0772. The number of hydrogen-bond donors (Lipinski definition) is 5. The maximum Gasteiger partial charge on any atom is 0.459 e. The number of rotatable bonds is 12. The van der Waals surface area contributed by atoms with Gasteiger partial charge in [-0.3, -0.25) is 13.9 Å². The van der Waals surface area contributed by atoms with Crippen LogP contribution in [0.1, 0.15) is 27.0 Å². The fourth-order valence-corrected chi connectivity index (χ4v) is 5.69. The number of aliphatic hydroxyl groups is 2. The Balaban J connectivity index is 1.59. The number of nitrogens with one attached hydrogen (secondary N) is 2. The monoisotopic (exact) mass is 597 g/mol. The van der Waals surface area contributed by atoms with Crippen LogP contribution in [-0.2, 0) is 23.4 Å². The predicted molar refractivity (Wildman–Crippen MR) is 145 cm³/mol. The van der Waals surface area contributed by atoms with E-state index >= 15 is 4.39 Å². The standard InChI is InChI=1S/C24H33FN7O8P/c1-13(2)38-21(35)14(3)31-41(36,40-15-8-6-5-7-9-15)37-10-16-18(34)24(25,11-33)22(39-16)32-12-28-17-19(27-4)29-23(26)30-20(17)32/h5-9,12-14,16,18,22,33-34H,10-11H2,1-4H3,(H,31,36)(H3,26,27,29,30)/t14?,16-,18-,22-,24-,41-/m1/s1. The minimum atomic E-state index is -4.35. The summed E-state index contributed by atoms with van der Waals surface area (Å²) in [7, 11) is -2.76. The van der Waals surface area contributed by atoms with Gasteiger partial charge in [0.1, 0.15) is 24.0 Å². The number of ether oxygens (including phenoxy) is 2. The number of aliphatic hydroxyl groups excluding tert-OH is 2. The molecular weight excluding hydrogens is 564 g/mol. The first-order chi connectivity index (χ1) is 19.4. The summed E-state index contributed by atoms with van der Waals surface area (Å²) >= 11 is 0. The largest absolute Gasteiger partial charge is 0.462 e. The molecule has 1 saturated heterocycles. The number of nitrogen functional groups attached to an aromatic ring is 1. The van der Waals surface area contributed by atoms with Gasteiger partial charge in [0.05, 0.1) is 25.6 Å². The average Bonchev–Trinajstić information content (AvgIpc) is 3.45. The number of carbonyl (C=O) groups excluding carboxylic acids is 1. The third-order valence-corrected chi connectivity index (χ3v) is 7.81. The SMILES string of the molecule is CNc1nc(N)nc2c1ncn2[C@@H]1O[C@H](CO[P@](=O)(NC(C)C(=O)OC(C)C)Oc2ccccc2)[C@@H](O)[C@]1(F)CO. The van der Waals surface area contributed by atoms with Crippen LogP contribution in [0.15, 0.2) is 36.7 Å². The van der Waals surface area contributed by atoms with Crippen molar-refractivity contribution < 1.29 is 42.5 Å². The lowest BCUT2D eigenvalue weighted by Crippen LogP contribution is -2.46. The van der Waals surface area contributed by atoms with Crippen LogP contribution in [-0.4, -0.2) is 86.0 Å². The fourth-order valence-electron chi connectivity index (χ4n) is 4.19. The topological polar surface area (TPSA) is 205 Å². The molecule has 6 atom stereocenters. The van der Waals surface area contributed by atoms with Gasteiger partial charge >= 0.3 is 13.7 Å². The number of anilines is 2. The Morgan fingerprint density at radius 1 is 1.29 bits per heavy atom. The van der Waals surface area contributed by atoms with Gasteiger partial charge in [0.25, 0.3) is 0 Å². The molecule has 224 valence electrons. The number of benzene rings is 1. The Morgan fingerprint density at radius 2 is 2.00 bits per heavy atom. The summed E-state index contributed by atoms with van der Waals surface area (Å²) in [6.45, 7) is 2.90. The summed E-state index contributed by atoms with van der Waals surface area (Å²) in [5.74, 6) is -0.426. The molecule has 1 aliphatic rings. The zero-order chi connectivity index (χ0) is 29.9. The number of nitrogens with two attached hydrogens (primary N) is 1. The second kappa shape index (κ2) is 12.2. The number of para-hydroxylation sites is 1. The number of aromatic nitrogens is 4. The first kappa shape index (κ1) is 30.6. The number of nitrogens with zero attached hydrogens (tertiary/aromatic N) is 4. The van der Waals surface area contributed by atoms with E-state index in [0.29, 0.717) is 0 Å². The highest BCUT2D eigenvalue weighted by Crippen LogP contribution is 2.48. The number of hydrogen-bond acceptors (Lipinski definition) is 13. The van der Waals surface area contributed by atoms with E-state index in [9.17, 15) is 19.6 Å². The number of alkyl halides is 1. The van der Waals surface area contributed by atoms with Crippen LogP contribution in [0.3, 0.4) is 0 Å². The Labute approximate surface area is 234 Å². The molecule has 3 aromatic rings. The second-order valence-electron chi connectivity index (χ2n) is 9.60. The maximum atomic E-state index is 16.1. The van der Waals surface area contributed by atoms with Crippen molar-refractivity contribution in [3.63, 3.8) is 0 Å². The van der Waals surface area contributed by atoms with E-state index in [-0.39, 0.29) is 28.7 Å². The molecular formula is C24H33FN7O8P. The summed E-state index contributed by atoms with van der Waals surface area (Å²) < 4.78 is 53.2. The number of fused-ring (bicyclic) bond motifs is 1. The van der Waals surface area contributed by atoms with Crippen molar-refractivity contribution in [3.8, 4) is 5.75 Å². The van der Waals surface area contributed by atoms with Gasteiger partial charge in [-0.15, -0.1) is 0 Å². The number of imidazole rings is 1. The molecule has 6 N–H and O–H groups in total. The molecule has 0 amide bonds. The van der Waals surface area contributed by atoms with Crippen molar-refractivity contribution in [3.05, 3.63) is 36.7 Å². The van der Waals surface area contributed by atoms with E-state index in [4.69, 9.17) is 24.3 Å². The van der Waals surface area contributed by atoms with E-state index in [1.807, 2.05) is 0 Å². The average molecular weight is 598 g/mol. The van der Waals surface area contributed by atoms with Gasteiger partial charge in [-0.05, 0) is 32.9 Å². The van der Waals surface area contributed by atoms with E-state index in [2.05, 4.69) is 25.4 Å². The third kappa shape index (κ3) is 6.42. The van der Waals surface area contributed by atoms with E-state index in [1.54, 1.807) is 39.1 Å². The normalized spacial score (nSPS) is 24.7. The second-order valence-corrected chi connectivity index (χ2v) is 11.3. The highest BCUT2D eigenvalue weighted by atomic mass is 31.2. The Morgan fingerprint density at radius 3 is 2.63 bits per heavy atom. The van der Waals surface area contributed by atoms with Crippen molar-refractivity contribution in [2.45, 2.75) is 57.0 Å². The first-order valence-corrected chi connectivity index (χ1v) is 14.2. The van der Waals surface area contributed by atoms with Crippen molar-refractivity contribution in [2.75, 3.05) is 31.3 Å². The van der Waals surface area contributed by atoms with Crippen LogP contribution in [0, 0.1) is 0 Å². The Kier molecular flexibility index (Phi) is 9.11. The third-order valence-electron chi connectivity index (χ3n) is 6.16. The summed E-state index contributed by atoms with van der Waals surface area (Å²) in [6, 6.07) is 6.88. The molecule has 41 heavy (non-hydrogen) atoms. The molecule has 0 radical (unpaired) electrons. The first-order valence-electron chi connectivity index (χ1n) is 12.7. The molecule has 4 rings (SSSR count). The molecule has 3 heterocycles. The van der Waals surface area contributed by atoms with Crippen LogP contribution < -0.4 is 20.7 Å². The summed E-state index contributed by atoms with van der Waals surface area (Å²) in [6.07, 6.45) is -4.27. The molecule has 1 fully saturated rings. The van der Waals surface area contributed by atoms with Gasteiger partial charge in [-0.1, -0.05) is 18.2 Å². The van der Waals surface area contributed by atoms with Crippen molar-refractivity contribution >= 4 is 36.6 Å². The smallest absolute Gasteiger partial charge is 0.459 e. The fraction of sp³-hybridized carbons (Fsp3) is 0.500. The van der Waals surface area contributed by atoms with Crippen LogP contribution in [0.5, 0.6) is 5.75 Å². The van der Waals surface area contributed by atoms with Gasteiger partial charge in [0.15, 0.2) is 23.2 Å². The zero-order valence-corrected chi connectivity index (χ0v) is 23.7. The highest BCUT2D eigenvalue weighted by molar-refractivity contribution is 7.52. The van der Waals surface area contributed by atoms with Crippen LogP contribution >= 0.6 is 7.75 Å². The Bertz CT molecular complexity index is 1410. The Hall–Kier alpha value is -3.40. The molecule has 17 heteroatoms. The summed E-state index contributed by atoms with van der Waals surface area (Å²) in [4.78, 5) is 24.7. The van der Waals surface area contributed by atoms with Gasteiger partial charge in [0.2, 0.25) is 11.6 Å². The molecule has 0 aliphatic carbocycles. The van der Waals surface area contributed by atoms with E-state index in [0.717, 1.165) is 4.57 Å². The summed E-state index contributed by atoms with van der Waals surface area (Å²) in [5, 5.41) is 26.2. The molecule has 0 spiro atoms. The molecule has 0 saturated carbocycles. The zero-order valence-electron chi connectivity index (χ0n) is 22.8. The molecule has 1 aliphatic heterocycles. The summed E-state index contributed by atoms with van der Waals surface area (Å²) in [5.41, 5.74) is 3.35. The lowest BCUT2D eigenvalue weighted by Gasteiger charge is -2.27. The van der Waals surface area contributed by atoms with Gasteiger partial charge in [-0.2, -0.15) is 15.1 Å². The molecule has 2 aromatic heterocycles. The number of carbonyl (C=O) groups is 1. The molecule has 1 aromatic carbocycles. The highest BCUT2D eigenvalue weighted by Gasteiger charge is 2.59. The van der Waals surface area contributed by atoms with Gasteiger partial charge < -0.3 is 35.3 Å².